The lowest BCUT2D eigenvalue weighted by atomic mass is 9.99. The second-order valence-corrected chi connectivity index (χ2v) is 3.84. The molecule has 0 heteroatoms. The lowest BCUT2D eigenvalue weighted by Gasteiger charge is -2.05. The summed E-state index contributed by atoms with van der Waals surface area (Å²) in [6.45, 7) is 7.91. The van der Waals surface area contributed by atoms with E-state index in [1.807, 2.05) is 6.08 Å². The molecule has 0 unspecified atom stereocenters. The minimum atomic E-state index is 1.07. The van der Waals surface area contributed by atoms with Crippen molar-refractivity contribution in [2.24, 2.45) is 0 Å². The first-order chi connectivity index (χ1) is 6.74. The molecule has 0 bridgehead atoms. The lowest BCUT2D eigenvalue weighted by molar-refractivity contribution is 0.715. The predicted molar refractivity (Wildman–Crippen MR) is 62.9 cm³/mol. The van der Waals surface area contributed by atoms with E-state index in [4.69, 9.17) is 0 Å². The van der Waals surface area contributed by atoms with E-state index in [9.17, 15) is 0 Å². The van der Waals surface area contributed by atoms with Crippen LogP contribution in [0.1, 0.15) is 39.5 Å². The van der Waals surface area contributed by atoms with Gasteiger partial charge < -0.3 is 0 Å². The third-order valence-electron chi connectivity index (χ3n) is 2.39. The highest BCUT2D eigenvalue weighted by molar-refractivity contribution is 5.45. The predicted octanol–water partition coefficient (Wildman–Crippen LogP) is 4.01. The summed E-state index contributed by atoms with van der Waals surface area (Å²) in [5.74, 6) is 6.42. The fourth-order valence-electron chi connectivity index (χ4n) is 1.48. The average molecular weight is 186 g/mol. The average Bonchev–Trinajstić information content (AvgIpc) is 2.20. The molecule has 0 atom stereocenters. The molecule has 0 radical (unpaired) electrons. The lowest BCUT2D eigenvalue weighted by Crippen LogP contribution is -1.88. The normalized spacial score (nSPS) is 14.9. The van der Waals surface area contributed by atoms with Crippen molar-refractivity contribution < 1.29 is 0 Å². The summed E-state index contributed by atoms with van der Waals surface area (Å²) >= 11 is 0. The van der Waals surface area contributed by atoms with E-state index < -0.39 is 0 Å². The molecule has 14 heavy (non-hydrogen) atoms. The zero-order valence-corrected chi connectivity index (χ0v) is 9.19. The van der Waals surface area contributed by atoms with Gasteiger partial charge in [0.2, 0.25) is 0 Å². The molecule has 0 spiro atoms. The summed E-state index contributed by atoms with van der Waals surface area (Å²) in [6.07, 6.45) is 9.07. The van der Waals surface area contributed by atoms with Crippen molar-refractivity contribution in [3.05, 3.63) is 35.5 Å². The van der Waals surface area contributed by atoms with Crippen molar-refractivity contribution in [1.29, 1.82) is 0 Å². The van der Waals surface area contributed by atoms with Crippen molar-refractivity contribution in [1.82, 2.24) is 0 Å². The smallest absolute Gasteiger partial charge is 0.0229 e. The zero-order chi connectivity index (χ0) is 10.4. The van der Waals surface area contributed by atoms with Crippen LogP contribution in [0.5, 0.6) is 0 Å². The van der Waals surface area contributed by atoms with Gasteiger partial charge in [-0.15, -0.1) is 0 Å². The second-order valence-electron chi connectivity index (χ2n) is 3.84. The molecule has 0 N–H and O–H groups in total. The largest absolute Gasteiger partial charge is 0.0978 e. The van der Waals surface area contributed by atoms with Crippen LogP contribution < -0.4 is 0 Å². The van der Waals surface area contributed by atoms with E-state index in [0.717, 1.165) is 12.0 Å². The third-order valence-corrected chi connectivity index (χ3v) is 2.39. The first-order valence-electron chi connectivity index (χ1n) is 5.25. The van der Waals surface area contributed by atoms with Crippen molar-refractivity contribution in [2.75, 3.05) is 0 Å². The van der Waals surface area contributed by atoms with Gasteiger partial charge in [-0.3, -0.25) is 0 Å². The number of hydrogen-bond acceptors (Lipinski definition) is 0. The van der Waals surface area contributed by atoms with Crippen molar-refractivity contribution in [2.45, 2.75) is 39.5 Å². The molecule has 0 fully saturated rings. The molecule has 0 aromatic carbocycles. The van der Waals surface area contributed by atoms with E-state index in [2.05, 4.69) is 38.3 Å². The van der Waals surface area contributed by atoms with Crippen LogP contribution in [0.15, 0.2) is 35.5 Å². The van der Waals surface area contributed by atoms with Gasteiger partial charge in [-0.1, -0.05) is 36.1 Å². The summed E-state index contributed by atoms with van der Waals surface area (Å²) in [5, 5.41) is 0. The van der Waals surface area contributed by atoms with Crippen LogP contribution in [-0.2, 0) is 0 Å². The van der Waals surface area contributed by atoms with E-state index in [1.165, 1.54) is 30.4 Å². The van der Waals surface area contributed by atoms with Gasteiger partial charge in [0.1, 0.15) is 0 Å². The molecule has 0 aliphatic heterocycles. The van der Waals surface area contributed by atoms with Gasteiger partial charge in [-0.25, -0.2) is 0 Å². The molecular formula is C14H18. The number of allylic oxidation sites excluding steroid dienone is 5. The fraction of sp³-hybridized carbons (Fsp3) is 0.429. The molecule has 1 rings (SSSR count). The molecule has 0 nitrogen and oxygen atoms in total. The van der Waals surface area contributed by atoms with Crippen LogP contribution >= 0.6 is 0 Å². The summed E-state index contributed by atoms with van der Waals surface area (Å²) in [5.41, 5.74) is 3.61. The Morgan fingerprint density at radius 1 is 1.43 bits per heavy atom. The monoisotopic (exact) mass is 186 g/mol. The van der Waals surface area contributed by atoms with E-state index >= 15 is 0 Å². The minimum absolute atomic E-state index is 1.07. The SMILES string of the molecule is C=CC(C#CC1=CCCCC1)=C(C)C. The van der Waals surface area contributed by atoms with Crippen LogP contribution in [0, 0.1) is 11.8 Å². The Morgan fingerprint density at radius 3 is 2.71 bits per heavy atom. The molecule has 1 aliphatic rings. The number of hydrogen-bond donors (Lipinski definition) is 0. The quantitative estimate of drug-likeness (QED) is 0.428. The number of rotatable bonds is 1. The van der Waals surface area contributed by atoms with E-state index in [1.54, 1.807) is 0 Å². The van der Waals surface area contributed by atoms with Gasteiger partial charge in [0.05, 0.1) is 0 Å². The van der Waals surface area contributed by atoms with Crippen LogP contribution in [-0.4, -0.2) is 0 Å². The van der Waals surface area contributed by atoms with Crippen molar-refractivity contribution >= 4 is 0 Å². The van der Waals surface area contributed by atoms with Crippen LogP contribution in [0.25, 0.3) is 0 Å². The topological polar surface area (TPSA) is 0 Å². The highest BCUT2D eigenvalue weighted by Gasteiger charge is 1.99. The third kappa shape index (κ3) is 3.26. The Kier molecular flexibility index (Phi) is 4.26. The second kappa shape index (κ2) is 5.50. The summed E-state index contributed by atoms with van der Waals surface area (Å²) in [4.78, 5) is 0. The van der Waals surface area contributed by atoms with Crippen LogP contribution in [0.3, 0.4) is 0 Å². The molecule has 0 heterocycles. The Morgan fingerprint density at radius 2 is 2.21 bits per heavy atom. The van der Waals surface area contributed by atoms with Crippen molar-refractivity contribution in [3.8, 4) is 11.8 Å². The summed E-state index contributed by atoms with van der Waals surface area (Å²) in [6, 6.07) is 0. The van der Waals surface area contributed by atoms with Gasteiger partial charge in [-0.2, -0.15) is 0 Å². The van der Waals surface area contributed by atoms with Gasteiger partial charge in [-0.05, 0) is 45.1 Å². The van der Waals surface area contributed by atoms with Gasteiger partial charge in [0, 0.05) is 5.57 Å². The first-order valence-corrected chi connectivity index (χ1v) is 5.25. The zero-order valence-electron chi connectivity index (χ0n) is 9.19. The maximum Gasteiger partial charge on any atom is 0.0229 e. The van der Waals surface area contributed by atoms with Crippen LogP contribution in [0.4, 0.5) is 0 Å². The molecule has 0 saturated heterocycles. The Balaban J connectivity index is 2.75. The molecular weight excluding hydrogens is 168 g/mol. The Bertz CT molecular complexity index is 325. The summed E-state index contributed by atoms with van der Waals surface area (Å²) in [7, 11) is 0. The van der Waals surface area contributed by atoms with Gasteiger partial charge in [0.25, 0.3) is 0 Å². The van der Waals surface area contributed by atoms with Crippen molar-refractivity contribution in [3.63, 3.8) is 0 Å². The standard InChI is InChI=1S/C14H18/c1-4-14(12(2)3)11-10-13-8-6-5-7-9-13/h4,8H,1,5-7,9H2,2-3H3. The minimum Gasteiger partial charge on any atom is -0.0978 e. The van der Waals surface area contributed by atoms with E-state index in [0.29, 0.717) is 0 Å². The maximum atomic E-state index is 3.77. The molecule has 0 aromatic heterocycles. The van der Waals surface area contributed by atoms with Gasteiger partial charge >= 0.3 is 0 Å². The van der Waals surface area contributed by atoms with E-state index in [-0.39, 0.29) is 0 Å². The molecule has 0 amide bonds. The Labute approximate surface area is 87.4 Å². The highest BCUT2D eigenvalue weighted by Crippen LogP contribution is 2.16. The van der Waals surface area contributed by atoms with Crippen LogP contribution in [0.2, 0.25) is 0 Å². The highest BCUT2D eigenvalue weighted by atomic mass is 14.0. The fourth-order valence-corrected chi connectivity index (χ4v) is 1.48. The molecule has 0 aromatic rings. The first kappa shape index (κ1) is 10.9. The maximum absolute atomic E-state index is 3.77. The molecule has 0 saturated carbocycles. The Hall–Kier alpha value is -1.22. The summed E-state index contributed by atoms with van der Waals surface area (Å²) < 4.78 is 0. The van der Waals surface area contributed by atoms with Gasteiger partial charge in [0.15, 0.2) is 0 Å². The molecule has 1 aliphatic carbocycles. The molecule has 74 valence electrons.